The minimum absolute atomic E-state index is 0.0991. The van der Waals surface area contributed by atoms with Gasteiger partial charge in [-0.15, -0.1) is 0 Å². The van der Waals surface area contributed by atoms with Crippen molar-refractivity contribution in [3.05, 3.63) is 65.2 Å². The van der Waals surface area contributed by atoms with Gasteiger partial charge in [-0.3, -0.25) is 4.79 Å². The van der Waals surface area contributed by atoms with Gasteiger partial charge >= 0.3 is 0 Å². The number of nitrogens with zero attached hydrogens (tertiary/aromatic N) is 1. The molecule has 1 heterocycles. The van der Waals surface area contributed by atoms with Crippen LogP contribution in [0.2, 0.25) is 0 Å². The molecule has 0 saturated heterocycles. The van der Waals surface area contributed by atoms with Crippen LogP contribution in [-0.4, -0.2) is 11.4 Å². The molecule has 2 heteroatoms. The molecule has 0 fully saturated rings. The first-order valence-corrected chi connectivity index (χ1v) is 8.23. The monoisotopic (exact) mass is 307 g/mol. The molecule has 0 aromatic heterocycles. The van der Waals surface area contributed by atoms with E-state index in [2.05, 4.69) is 76.2 Å². The van der Waals surface area contributed by atoms with Crippen LogP contribution in [0.25, 0.3) is 0 Å². The van der Waals surface area contributed by atoms with Crippen LogP contribution >= 0.6 is 0 Å². The van der Waals surface area contributed by atoms with E-state index in [9.17, 15) is 4.79 Å². The van der Waals surface area contributed by atoms with Crippen molar-refractivity contribution in [1.29, 1.82) is 0 Å². The van der Waals surface area contributed by atoms with E-state index in [4.69, 9.17) is 0 Å². The van der Waals surface area contributed by atoms with Gasteiger partial charge in [0.05, 0.1) is 0 Å². The second-order valence-corrected chi connectivity index (χ2v) is 7.56. The van der Waals surface area contributed by atoms with Crippen LogP contribution in [0.5, 0.6) is 0 Å². The molecule has 1 amide bonds. The van der Waals surface area contributed by atoms with E-state index in [1.165, 1.54) is 16.7 Å². The molecule has 23 heavy (non-hydrogen) atoms. The van der Waals surface area contributed by atoms with E-state index >= 15 is 0 Å². The summed E-state index contributed by atoms with van der Waals surface area (Å²) < 4.78 is 0. The van der Waals surface area contributed by atoms with Crippen molar-refractivity contribution < 1.29 is 4.79 Å². The molecular weight excluding hydrogens is 282 g/mol. The minimum Gasteiger partial charge on any atom is -0.307 e. The van der Waals surface area contributed by atoms with Crippen LogP contribution in [0.3, 0.4) is 0 Å². The van der Waals surface area contributed by atoms with Gasteiger partial charge in [-0.25, -0.2) is 0 Å². The summed E-state index contributed by atoms with van der Waals surface area (Å²) in [6, 6.07) is 17.1. The van der Waals surface area contributed by atoms with Crippen LogP contribution in [0, 0.1) is 6.92 Å². The number of aryl methyl sites for hydroxylation is 1. The molecule has 0 radical (unpaired) electrons. The molecule has 0 spiro atoms. The molecule has 0 N–H and O–H groups in total. The van der Waals surface area contributed by atoms with Gasteiger partial charge in [0.25, 0.3) is 0 Å². The minimum atomic E-state index is -0.224. The van der Waals surface area contributed by atoms with Crippen molar-refractivity contribution in [3.63, 3.8) is 0 Å². The van der Waals surface area contributed by atoms with E-state index in [0.717, 1.165) is 12.1 Å². The van der Waals surface area contributed by atoms with Crippen molar-refractivity contribution in [2.75, 3.05) is 4.90 Å². The van der Waals surface area contributed by atoms with Gasteiger partial charge in [0.15, 0.2) is 0 Å². The highest BCUT2D eigenvalue weighted by molar-refractivity contribution is 5.95. The van der Waals surface area contributed by atoms with E-state index < -0.39 is 0 Å². The number of carbonyl (C=O) groups excluding carboxylic acids is 1. The number of hydrogen-bond donors (Lipinski definition) is 0. The van der Waals surface area contributed by atoms with Gasteiger partial charge in [0, 0.05) is 23.6 Å². The van der Waals surface area contributed by atoms with Gasteiger partial charge in [-0.05, 0) is 44.4 Å². The molecule has 1 aliphatic rings. The van der Waals surface area contributed by atoms with Crippen molar-refractivity contribution >= 4 is 11.6 Å². The molecule has 0 saturated carbocycles. The van der Waals surface area contributed by atoms with Crippen molar-refractivity contribution in [2.24, 2.45) is 0 Å². The molecule has 2 nitrogen and oxygen atoms in total. The van der Waals surface area contributed by atoms with Gasteiger partial charge in [0.1, 0.15) is 0 Å². The lowest BCUT2D eigenvalue weighted by molar-refractivity contribution is -0.117. The normalized spacial score (nSPS) is 22.6. The molecule has 1 aliphatic heterocycles. The summed E-state index contributed by atoms with van der Waals surface area (Å²) in [6.07, 6.45) is 0.903. The standard InChI is InChI=1S/C21H25NO/c1-15-11-12-19-18(13-15)21(5,17-9-7-6-8-10-17)14-20(3,4)22(19)16(2)23/h6-13H,14H2,1-5H3/t21-/m0/s1. The van der Waals surface area contributed by atoms with E-state index in [1.807, 2.05) is 4.90 Å². The number of hydrogen-bond acceptors (Lipinski definition) is 1. The van der Waals surface area contributed by atoms with Crippen LogP contribution in [-0.2, 0) is 10.2 Å². The quantitative estimate of drug-likeness (QED) is 0.738. The molecule has 2 aromatic rings. The Kier molecular flexibility index (Phi) is 3.59. The fourth-order valence-corrected chi connectivity index (χ4v) is 4.31. The molecule has 0 bridgehead atoms. The zero-order chi connectivity index (χ0) is 16.8. The van der Waals surface area contributed by atoms with E-state index in [-0.39, 0.29) is 16.9 Å². The fourth-order valence-electron chi connectivity index (χ4n) is 4.31. The molecule has 0 unspecified atom stereocenters. The highest BCUT2D eigenvalue weighted by atomic mass is 16.2. The maximum absolute atomic E-state index is 12.3. The second kappa shape index (κ2) is 5.23. The van der Waals surface area contributed by atoms with Gasteiger partial charge in [-0.1, -0.05) is 55.0 Å². The largest absolute Gasteiger partial charge is 0.307 e. The third-order valence-electron chi connectivity index (χ3n) is 5.10. The maximum atomic E-state index is 12.3. The topological polar surface area (TPSA) is 20.3 Å². The van der Waals surface area contributed by atoms with E-state index in [1.54, 1.807) is 6.92 Å². The number of carbonyl (C=O) groups is 1. The molecule has 3 rings (SSSR count). The first-order chi connectivity index (χ1) is 10.8. The summed E-state index contributed by atoms with van der Waals surface area (Å²) in [6.45, 7) is 10.4. The lowest BCUT2D eigenvalue weighted by Gasteiger charge is -2.51. The zero-order valence-corrected chi connectivity index (χ0v) is 14.7. The molecule has 0 aliphatic carbocycles. The third-order valence-corrected chi connectivity index (χ3v) is 5.10. The zero-order valence-electron chi connectivity index (χ0n) is 14.7. The van der Waals surface area contributed by atoms with Gasteiger partial charge < -0.3 is 4.90 Å². The maximum Gasteiger partial charge on any atom is 0.224 e. The van der Waals surface area contributed by atoms with Crippen molar-refractivity contribution in [1.82, 2.24) is 0 Å². The van der Waals surface area contributed by atoms with Gasteiger partial charge in [-0.2, -0.15) is 0 Å². The predicted molar refractivity (Wildman–Crippen MR) is 95.9 cm³/mol. The summed E-state index contributed by atoms with van der Waals surface area (Å²) >= 11 is 0. The Morgan fingerprint density at radius 1 is 1.04 bits per heavy atom. The summed E-state index contributed by atoms with van der Waals surface area (Å²) in [5.41, 5.74) is 4.51. The Bertz CT molecular complexity index is 748. The predicted octanol–water partition coefficient (Wildman–Crippen LogP) is 4.84. The lowest BCUT2D eigenvalue weighted by atomic mass is 9.65. The Hall–Kier alpha value is -2.09. The van der Waals surface area contributed by atoms with Gasteiger partial charge in [0.2, 0.25) is 5.91 Å². The third kappa shape index (κ3) is 2.46. The number of fused-ring (bicyclic) bond motifs is 1. The molecule has 2 aromatic carbocycles. The second-order valence-electron chi connectivity index (χ2n) is 7.56. The number of amides is 1. The highest BCUT2D eigenvalue weighted by Gasteiger charge is 2.46. The fraction of sp³-hybridized carbons (Fsp3) is 0.381. The van der Waals surface area contributed by atoms with Crippen LogP contribution in [0.15, 0.2) is 48.5 Å². The van der Waals surface area contributed by atoms with Crippen LogP contribution in [0.1, 0.15) is 50.8 Å². The molecular formula is C21H25NO. The first-order valence-electron chi connectivity index (χ1n) is 8.23. The van der Waals surface area contributed by atoms with Crippen LogP contribution in [0.4, 0.5) is 5.69 Å². The molecule has 1 atom stereocenters. The summed E-state index contributed by atoms with van der Waals surface area (Å²) in [4.78, 5) is 14.3. The lowest BCUT2D eigenvalue weighted by Crippen LogP contribution is -2.55. The average molecular weight is 307 g/mol. The Labute approximate surface area is 139 Å². The van der Waals surface area contributed by atoms with Crippen LogP contribution < -0.4 is 4.90 Å². The number of anilines is 1. The average Bonchev–Trinajstić information content (AvgIpc) is 2.48. The molecule has 120 valence electrons. The highest BCUT2D eigenvalue weighted by Crippen LogP contribution is 2.50. The van der Waals surface area contributed by atoms with E-state index in [0.29, 0.717) is 0 Å². The SMILES string of the molecule is CC(=O)N1c2ccc(C)cc2[C@](C)(c2ccccc2)CC1(C)C. The summed E-state index contributed by atoms with van der Waals surface area (Å²) in [5, 5.41) is 0. The Morgan fingerprint density at radius 2 is 1.70 bits per heavy atom. The number of benzene rings is 2. The Morgan fingerprint density at radius 3 is 2.30 bits per heavy atom. The smallest absolute Gasteiger partial charge is 0.224 e. The number of rotatable bonds is 1. The summed E-state index contributed by atoms with van der Waals surface area (Å²) in [5.74, 6) is 0.107. The van der Waals surface area contributed by atoms with Crippen molar-refractivity contribution in [3.8, 4) is 0 Å². The summed E-state index contributed by atoms with van der Waals surface area (Å²) in [7, 11) is 0. The first kappa shape index (κ1) is 15.8. The Balaban J connectivity index is 2.30. The van der Waals surface area contributed by atoms with Crippen molar-refractivity contribution in [2.45, 2.75) is 52.0 Å².